The molecule has 0 aliphatic carbocycles. The van der Waals surface area contributed by atoms with Gasteiger partial charge in [0.2, 0.25) is 5.91 Å². The van der Waals surface area contributed by atoms with Crippen LogP contribution in [0.25, 0.3) is 11.1 Å². The van der Waals surface area contributed by atoms with Gasteiger partial charge in [0.15, 0.2) is 6.61 Å². The first-order valence-corrected chi connectivity index (χ1v) is 13.0. The number of hydrogen-bond acceptors (Lipinski definition) is 5. The van der Waals surface area contributed by atoms with Crippen LogP contribution in [0.15, 0.2) is 84.9 Å². The van der Waals surface area contributed by atoms with Gasteiger partial charge in [0.1, 0.15) is 6.61 Å². The van der Waals surface area contributed by atoms with E-state index in [9.17, 15) is 27.6 Å². The van der Waals surface area contributed by atoms with Crippen molar-refractivity contribution in [2.24, 2.45) is 5.92 Å². The molecular formula is C31H32F3NO5. The number of hydrogen-bond donors (Lipinski definition) is 1. The van der Waals surface area contributed by atoms with Crippen LogP contribution in [0.1, 0.15) is 37.3 Å². The molecule has 0 aliphatic heterocycles. The maximum absolute atomic E-state index is 12.7. The quantitative estimate of drug-likeness (QED) is 0.260. The third-order valence-electron chi connectivity index (χ3n) is 6.13. The van der Waals surface area contributed by atoms with Crippen LogP contribution >= 0.6 is 0 Å². The van der Waals surface area contributed by atoms with Crippen LogP contribution in [0, 0.1) is 5.92 Å². The van der Waals surface area contributed by atoms with Crippen LogP contribution in [-0.2, 0) is 36.9 Å². The molecule has 0 fully saturated rings. The molecule has 0 heterocycles. The van der Waals surface area contributed by atoms with Gasteiger partial charge in [0, 0.05) is 12.5 Å². The SMILES string of the molecule is CC(CC(Cc1ccc(-c2ccccc2)cc1)NC(=O)CCC(=O)OCc1ccccc1)C(=O)OCC(F)(F)F. The maximum atomic E-state index is 12.7. The fraction of sp³-hybridized carbons (Fsp3) is 0.323. The summed E-state index contributed by atoms with van der Waals surface area (Å²) in [7, 11) is 0. The number of esters is 2. The number of halogens is 3. The molecule has 212 valence electrons. The Kier molecular flexibility index (Phi) is 11.3. The summed E-state index contributed by atoms with van der Waals surface area (Å²) >= 11 is 0. The van der Waals surface area contributed by atoms with Gasteiger partial charge in [0.05, 0.1) is 12.3 Å². The zero-order valence-corrected chi connectivity index (χ0v) is 22.2. The predicted molar refractivity (Wildman–Crippen MR) is 144 cm³/mol. The van der Waals surface area contributed by atoms with Crippen LogP contribution in [0.5, 0.6) is 0 Å². The van der Waals surface area contributed by atoms with E-state index in [-0.39, 0.29) is 25.9 Å². The molecule has 2 unspecified atom stereocenters. The average molecular weight is 556 g/mol. The highest BCUT2D eigenvalue weighted by molar-refractivity contribution is 5.81. The molecule has 1 N–H and O–H groups in total. The smallest absolute Gasteiger partial charge is 0.422 e. The zero-order valence-electron chi connectivity index (χ0n) is 22.2. The van der Waals surface area contributed by atoms with Gasteiger partial charge in [-0.05, 0) is 35.1 Å². The molecule has 9 heteroatoms. The molecule has 0 aromatic heterocycles. The first-order valence-electron chi connectivity index (χ1n) is 13.0. The maximum Gasteiger partial charge on any atom is 0.422 e. The van der Waals surface area contributed by atoms with E-state index in [1.807, 2.05) is 84.9 Å². The number of rotatable bonds is 13. The number of alkyl halides is 3. The Morgan fingerprint density at radius 3 is 2.00 bits per heavy atom. The van der Waals surface area contributed by atoms with E-state index in [0.717, 1.165) is 22.3 Å². The van der Waals surface area contributed by atoms with E-state index in [4.69, 9.17) is 4.74 Å². The lowest BCUT2D eigenvalue weighted by Gasteiger charge is -2.22. The van der Waals surface area contributed by atoms with E-state index in [2.05, 4.69) is 10.1 Å². The van der Waals surface area contributed by atoms with Crippen molar-refractivity contribution in [2.45, 2.75) is 51.4 Å². The first-order chi connectivity index (χ1) is 19.1. The minimum Gasteiger partial charge on any atom is -0.461 e. The number of benzene rings is 3. The monoisotopic (exact) mass is 555 g/mol. The van der Waals surface area contributed by atoms with Crippen molar-refractivity contribution < 1.29 is 37.0 Å². The van der Waals surface area contributed by atoms with Crippen molar-refractivity contribution in [3.63, 3.8) is 0 Å². The van der Waals surface area contributed by atoms with Crippen molar-refractivity contribution >= 4 is 17.8 Å². The number of nitrogens with one attached hydrogen (secondary N) is 1. The van der Waals surface area contributed by atoms with Crippen LogP contribution < -0.4 is 5.32 Å². The summed E-state index contributed by atoms with van der Waals surface area (Å²) in [6.45, 7) is -0.114. The summed E-state index contributed by atoms with van der Waals surface area (Å²) in [4.78, 5) is 37.0. The van der Waals surface area contributed by atoms with Crippen LogP contribution in [0.2, 0.25) is 0 Å². The summed E-state index contributed by atoms with van der Waals surface area (Å²) in [6, 6.07) is 26.0. The highest BCUT2D eigenvalue weighted by Gasteiger charge is 2.31. The average Bonchev–Trinajstić information content (AvgIpc) is 2.94. The largest absolute Gasteiger partial charge is 0.461 e. The summed E-state index contributed by atoms with van der Waals surface area (Å²) < 4.78 is 47.1. The van der Waals surface area contributed by atoms with E-state index in [0.29, 0.717) is 6.42 Å². The third-order valence-corrected chi connectivity index (χ3v) is 6.13. The normalized spacial score (nSPS) is 12.7. The van der Waals surface area contributed by atoms with Gasteiger partial charge in [-0.1, -0.05) is 91.9 Å². The molecule has 40 heavy (non-hydrogen) atoms. The second-order valence-electron chi connectivity index (χ2n) is 9.54. The highest BCUT2D eigenvalue weighted by atomic mass is 19.4. The van der Waals surface area contributed by atoms with Gasteiger partial charge in [-0.3, -0.25) is 14.4 Å². The van der Waals surface area contributed by atoms with Crippen molar-refractivity contribution in [1.29, 1.82) is 0 Å². The molecule has 6 nitrogen and oxygen atoms in total. The Morgan fingerprint density at radius 2 is 1.38 bits per heavy atom. The molecule has 3 aromatic carbocycles. The number of carbonyl (C=O) groups excluding carboxylic acids is 3. The molecule has 3 rings (SSSR count). The third kappa shape index (κ3) is 10.9. The lowest BCUT2D eigenvalue weighted by atomic mass is 9.94. The fourth-order valence-corrected chi connectivity index (χ4v) is 4.09. The predicted octanol–water partition coefficient (Wildman–Crippen LogP) is 6.04. The summed E-state index contributed by atoms with van der Waals surface area (Å²) in [5, 5.41) is 2.82. The van der Waals surface area contributed by atoms with Crippen molar-refractivity contribution in [3.8, 4) is 11.1 Å². The molecular weight excluding hydrogens is 523 g/mol. The topological polar surface area (TPSA) is 81.7 Å². The van der Waals surface area contributed by atoms with Gasteiger partial charge >= 0.3 is 18.1 Å². The Balaban J connectivity index is 1.59. The molecule has 3 aromatic rings. The molecule has 0 saturated carbocycles. The molecule has 0 radical (unpaired) electrons. The van der Waals surface area contributed by atoms with Gasteiger partial charge in [-0.25, -0.2) is 0 Å². The number of ether oxygens (including phenoxy) is 2. The second-order valence-corrected chi connectivity index (χ2v) is 9.54. The van der Waals surface area contributed by atoms with Gasteiger partial charge in [-0.2, -0.15) is 13.2 Å². The lowest BCUT2D eigenvalue weighted by molar-refractivity contribution is -0.189. The lowest BCUT2D eigenvalue weighted by Crippen LogP contribution is -2.39. The number of carbonyl (C=O) groups is 3. The minimum absolute atomic E-state index is 0.0569. The Labute approximate surface area is 231 Å². The summed E-state index contributed by atoms with van der Waals surface area (Å²) in [5.74, 6) is -2.86. The highest BCUT2D eigenvalue weighted by Crippen LogP contribution is 2.22. The van der Waals surface area contributed by atoms with Gasteiger partial charge < -0.3 is 14.8 Å². The Hall–Kier alpha value is -4.14. The molecule has 2 atom stereocenters. The van der Waals surface area contributed by atoms with Crippen LogP contribution in [-0.4, -0.2) is 36.7 Å². The zero-order chi connectivity index (χ0) is 29.0. The van der Waals surface area contributed by atoms with E-state index < -0.39 is 42.6 Å². The van der Waals surface area contributed by atoms with E-state index in [1.165, 1.54) is 6.92 Å². The fourth-order valence-electron chi connectivity index (χ4n) is 4.09. The standard InChI is InChI=1S/C31H32F3NO5/c1-22(30(38)40-21-31(32,33)34)18-27(19-23-12-14-26(15-13-23)25-10-6-3-7-11-25)35-28(36)16-17-29(37)39-20-24-8-4-2-5-9-24/h2-15,22,27H,16-21H2,1H3,(H,35,36). The summed E-state index contributed by atoms with van der Waals surface area (Å²) in [6.07, 6.45) is -4.51. The van der Waals surface area contributed by atoms with E-state index in [1.54, 1.807) is 0 Å². The molecule has 0 spiro atoms. The molecule has 0 bridgehead atoms. The van der Waals surface area contributed by atoms with Crippen molar-refractivity contribution in [2.75, 3.05) is 6.61 Å². The first kappa shape index (κ1) is 30.4. The minimum atomic E-state index is -4.63. The van der Waals surface area contributed by atoms with Crippen molar-refractivity contribution in [1.82, 2.24) is 5.32 Å². The molecule has 1 amide bonds. The van der Waals surface area contributed by atoms with E-state index >= 15 is 0 Å². The Bertz CT molecular complexity index is 1230. The number of amides is 1. The summed E-state index contributed by atoms with van der Waals surface area (Å²) in [5.41, 5.74) is 3.73. The van der Waals surface area contributed by atoms with Crippen molar-refractivity contribution in [3.05, 3.63) is 96.1 Å². The van der Waals surface area contributed by atoms with Crippen LogP contribution in [0.3, 0.4) is 0 Å². The Morgan fingerprint density at radius 1 is 0.775 bits per heavy atom. The van der Waals surface area contributed by atoms with Gasteiger partial charge in [0.25, 0.3) is 0 Å². The van der Waals surface area contributed by atoms with Crippen LogP contribution in [0.4, 0.5) is 13.2 Å². The molecule has 0 aliphatic rings. The second kappa shape index (κ2) is 14.9. The van der Waals surface area contributed by atoms with Gasteiger partial charge in [-0.15, -0.1) is 0 Å². The molecule has 0 saturated heterocycles.